The van der Waals surface area contributed by atoms with E-state index in [4.69, 9.17) is 9.47 Å². The predicted molar refractivity (Wildman–Crippen MR) is 106 cm³/mol. The summed E-state index contributed by atoms with van der Waals surface area (Å²) in [5.74, 6) is -0.908. The third-order valence-corrected chi connectivity index (χ3v) is 4.30. The number of thiazole rings is 1. The molecule has 0 spiro atoms. The Morgan fingerprint density at radius 3 is 2.59 bits per heavy atom. The molecule has 0 radical (unpaired) electrons. The Labute approximate surface area is 170 Å². The molecule has 2 heterocycles. The van der Waals surface area contributed by atoms with Crippen molar-refractivity contribution in [1.29, 1.82) is 0 Å². The van der Waals surface area contributed by atoms with E-state index in [0.29, 0.717) is 17.0 Å². The van der Waals surface area contributed by atoms with Crippen molar-refractivity contribution >= 4 is 23.1 Å². The summed E-state index contributed by atoms with van der Waals surface area (Å²) >= 11 is 1.18. The fraction of sp³-hybridized carbons (Fsp3) is 0.250. The first kappa shape index (κ1) is 20.7. The van der Waals surface area contributed by atoms with Crippen LogP contribution in [0.1, 0.15) is 26.5 Å². The first-order valence-corrected chi connectivity index (χ1v) is 9.54. The predicted octanol–water partition coefficient (Wildman–Crippen LogP) is 5.93. The van der Waals surface area contributed by atoms with Crippen LogP contribution in [0.4, 0.5) is 19.3 Å². The SMILES string of the molecule is Cc1ncc(-c2csc(Oc3ccc(NC(=O)OC(C)(C)C)c(F)c3)n2)cc1F. The quantitative estimate of drug-likeness (QED) is 0.567. The summed E-state index contributed by atoms with van der Waals surface area (Å²) in [6, 6.07) is 5.32. The number of pyridine rings is 1. The zero-order valence-electron chi connectivity index (χ0n) is 16.2. The minimum atomic E-state index is -0.756. The third-order valence-electron chi connectivity index (χ3n) is 3.59. The van der Waals surface area contributed by atoms with Gasteiger partial charge in [0.2, 0.25) is 0 Å². The van der Waals surface area contributed by atoms with Crippen LogP contribution in [0.25, 0.3) is 11.3 Å². The average molecular weight is 419 g/mol. The molecule has 0 atom stereocenters. The molecule has 29 heavy (non-hydrogen) atoms. The molecule has 0 saturated carbocycles. The maximum Gasteiger partial charge on any atom is 0.412 e. The van der Waals surface area contributed by atoms with Crippen molar-refractivity contribution in [1.82, 2.24) is 9.97 Å². The molecule has 0 aliphatic rings. The van der Waals surface area contributed by atoms with Crippen LogP contribution in [0.2, 0.25) is 0 Å². The van der Waals surface area contributed by atoms with Gasteiger partial charge < -0.3 is 9.47 Å². The number of rotatable bonds is 4. The van der Waals surface area contributed by atoms with E-state index < -0.39 is 23.3 Å². The highest BCUT2D eigenvalue weighted by Crippen LogP contribution is 2.31. The van der Waals surface area contributed by atoms with Crippen LogP contribution in [0.3, 0.4) is 0 Å². The van der Waals surface area contributed by atoms with Gasteiger partial charge >= 0.3 is 6.09 Å². The van der Waals surface area contributed by atoms with Gasteiger partial charge in [-0.3, -0.25) is 10.3 Å². The molecule has 0 aliphatic carbocycles. The fourth-order valence-corrected chi connectivity index (χ4v) is 2.95. The van der Waals surface area contributed by atoms with Gasteiger partial charge in [-0.1, -0.05) is 11.3 Å². The Morgan fingerprint density at radius 1 is 1.17 bits per heavy atom. The van der Waals surface area contributed by atoms with Gasteiger partial charge in [-0.15, -0.1) is 0 Å². The van der Waals surface area contributed by atoms with Gasteiger partial charge in [-0.25, -0.2) is 18.6 Å². The Bertz CT molecular complexity index is 1050. The number of amides is 1. The van der Waals surface area contributed by atoms with E-state index in [9.17, 15) is 13.6 Å². The molecule has 2 aromatic heterocycles. The number of halogens is 2. The van der Waals surface area contributed by atoms with Crippen LogP contribution < -0.4 is 10.1 Å². The van der Waals surface area contributed by atoms with Crippen molar-refractivity contribution in [3.63, 3.8) is 0 Å². The Morgan fingerprint density at radius 2 is 1.93 bits per heavy atom. The van der Waals surface area contributed by atoms with Crippen LogP contribution >= 0.6 is 11.3 Å². The molecule has 9 heteroatoms. The molecule has 0 saturated heterocycles. The smallest absolute Gasteiger partial charge is 0.412 e. The Hall–Kier alpha value is -3.07. The van der Waals surface area contributed by atoms with E-state index in [1.54, 1.807) is 33.1 Å². The summed E-state index contributed by atoms with van der Waals surface area (Å²) in [5, 5.41) is 4.29. The lowest BCUT2D eigenvalue weighted by Crippen LogP contribution is -2.27. The third kappa shape index (κ3) is 5.47. The number of carbonyl (C=O) groups excluding carboxylic acids is 1. The highest BCUT2D eigenvalue weighted by atomic mass is 32.1. The number of hydrogen-bond donors (Lipinski definition) is 1. The second-order valence-electron chi connectivity index (χ2n) is 7.16. The minimum absolute atomic E-state index is 0.0346. The lowest BCUT2D eigenvalue weighted by molar-refractivity contribution is 0.0635. The van der Waals surface area contributed by atoms with Gasteiger partial charge in [-0.05, 0) is 45.9 Å². The number of nitrogens with zero attached hydrogens (tertiary/aromatic N) is 2. The molecule has 0 aliphatic heterocycles. The Kier molecular flexibility index (Phi) is 5.78. The van der Waals surface area contributed by atoms with E-state index >= 15 is 0 Å². The normalized spacial score (nSPS) is 11.2. The van der Waals surface area contributed by atoms with Crippen LogP contribution in [0.15, 0.2) is 35.8 Å². The van der Waals surface area contributed by atoms with E-state index in [-0.39, 0.29) is 16.6 Å². The van der Waals surface area contributed by atoms with E-state index in [0.717, 1.165) is 6.07 Å². The van der Waals surface area contributed by atoms with Crippen LogP contribution in [0.5, 0.6) is 10.9 Å². The fourth-order valence-electron chi connectivity index (χ4n) is 2.26. The van der Waals surface area contributed by atoms with Crippen LogP contribution in [0, 0.1) is 18.6 Å². The minimum Gasteiger partial charge on any atom is -0.444 e. The summed E-state index contributed by atoms with van der Waals surface area (Å²) in [4.78, 5) is 20.0. The molecular weight excluding hydrogens is 400 g/mol. The highest BCUT2D eigenvalue weighted by molar-refractivity contribution is 7.11. The summed E-state index contributed by atoms with van der Waals surface area (Å²) in [7, 11) is 0. The summed E-state index contributed by atoms with van der Waals surface area (Å²) in [6.45, 7) is 6.71. The number of anilines is 1. The summed E-state index contributed by atoms with van der Waals surface area (Å²) in [6.07, 6.45) is 0.766. The molecular formula is C20H19F2N3O3S. The first-order chi connectivity index (χ1) is 13.6. The van der Waals surface area contributed by atoms with Crippen molar-refractivity contribution in [3.05, 3.63) is 53.2 Å². The molecule has 152 valence electrons. The lowest BCUT2D eigenvalue weighted by atomic mass is 10.2. The van der Waals surface area contributed by atoms with Gasteiger partial charge in [0.25, 0.3) is 5.19 Å². The van der Waals surface area contributed by atoms with Crippen molar-refractivity contribution in [2.24, 2.45) is 0 Å². The second kappa shape index (κ2) is 8.12. The zero-order valence-corrected chi connectivity index (χ0v) is 17.1. The molecule has 1 N–H and O–H groups in total. The molecule has 3 aromatic rings. The van der Waals surface area contributed by atoms with Crippen molar-refractivity contribution in [3.8, 4) is 22.2 Å². The maximum absolute atomic E-state index is 14.3. The molecule has 0 fully saturated rings. The number of ether oxygens (including phenoxy) is 2. The first-order valence-electron chi connectivity index (χ1n) is 8.66. The average Bonchev–Trinajstić information content (AvgIpc) is 3.06. The van der Waals surface area contributed by atoms with Crippen molar-refractivity contribution in [2.75, 3.05) is 5.32 Å². The second-order valence-corrected chi connectivity index (χ2v) is 7.98. The highest BCUT2D eigenvalue weighted by Gasteiger charge is 2.18. The topological polar surface area (TPSA) is 73.3 Å². The maximum atomic E-state index is 14.3. The Balaban J connectivity index is 1.70. The monoisotopic (exact) mass is 419 g/mol. The number of benzene rings is 1. The summed E-state index contributed by atoms with van der Waals surface area (Å²) in [5.41, 5.74) is 0.591. The lowest BCUT2D eigenvalue weighted by Gasteiger charge is -2.19. The molecule has 0 bridgehead atoms. The van der Waals surface area contributed by atoms with Gasteiger partial charge in [-0.2, -0.15) is 0 Å². The number of hydrogen-bond acceptors (Lipinski definition) is 6. The van der Waals surface area contributed by atoms with Crippen LogP contribution in [-0.4, -0.2) is 21.7 Å². The van der Waals surface area contributed by atoms with E-state index in [1.165, 1.54) is 35.7 Å². The summed E-state index contributed by atoms with van der Waals surface area (Å²) < 4.78 is 38.6. The molecule has 1 amide bonds. The largest absolute Gasteiger partial charge is 0.444 e. The standard InChI is InChI=1S/C20H19F2N3O3S/c1-11-14(21)7-12(9-23-11)17-10-29-19(25-17)27-13-5-6-16(15(22)8-13)24-18(26)28-20(2,3)4/h5-10H,1-4H3,(H,24,26). The van der Waals surface area contributed by atoms with Gasteiger partial charge in [0.15, 0.2) is 5.82 Å². The molecule has 6 nitrogen and oxygen atoms in total. The number of carbonyl (C=O) groups is 1. The number of aryl methyl sites for hydroxylation is 1. The van der Waals surface area contributed by atoms with Gasteiger partial charge in [0, 0.05) is 23.2 Å². The molecule has 1 aromatic carbocycles. The van der Waals surface area contributed by atoms with Crippen LogP contribution in [-0.2, 0) is 4.74 Å². The molecule has 3 rings (SSSR count). The molecule has 0 unspecified atom stereocenters. The van der Waals surface area contributed by atoms with Gasteiger partial charge in [0.1, 0.15) is 17.2 Å². The van der Waals surface area contributed by atoms with Crippen molar-refractivity contribution < 1.29 is 23.0 Å². The van der Waals surface area contributed by atoms with Gasteiger partial charge in [0.05, 0.1) is 17.1 Å². The van der Waals surface area contributed by atoms with E-state index in [1.807, 2.05) is 0 Å². The zero-order chi connectivity index (χ0) is 21.2. The van der Waals surface area contributed by atoms with E-state index in [2.05, 4.69) is 15.3 Å². The van der Waals surface area contributed by atoms with Crippen molar-refractivity contribution in [2.45, 2.75) is 33.3 Å². The number of nitrogens with one attached hydrogen (secondary N) is 1. The number of aromatic nitrogens is 2.